The van der Waals surface area contributed by atoms with E-state index in [9.17, 15) is 0 Å². The van der Waals surface area contributed by atoms with E-state index in [2.05, 4.69) is 77.9 Å². The van der Waals surface area contributed by atoms with Crippen LogP contribution in [0.4, 0.5) is 11.4 Å². The molecule has 0 radical (unpaired) electrons. The molecule has 0 saturated heterocycles. The first-order valence-corrected chi connectivity index (χ1v) is 16.0. The van der Waals surface area contributed by atoms with Gasteiger partial charge in [0.25, 0.3) is 0 Å². The third kappa shape index (κ3) is 13.5. The van der Waals surface area contributed by atoms with E-state index in [1.165, 1.54) is 91.5 Å². The molecule has 0 aliphatic carbocycles. The van der Waals surface area contributed by atoms with Crippen molar-refractivity contribution in [1.29, 1.82) is 0 Å². The van der Waals surface area contributed by atoms with Gasteiger partial charge in [0.15, 0.2) is 0 Å². The second kappa shape index (κ2) is 21.1. The van der Waals surface area contributed by atoms with E-state index in [1.807, 2.05) is 0 Å². The van der Waals surface area contributed by atoms with Gasteiger partial charge in [0.2, 0.25) is 0 Å². The molecule has 0 heterocycles. The van der Waals surface area contributed by atoms with Crippen LogP contribution in [0.25, 0.3) is 0 Å². The zero-order chi connectivity index (χ0) is 27.6. The van der Waals surface area contributed by atoms with E-state index in [0.717, 1.165) is 56.3 Å². The summed E-state index contributed by atoms with van der Waals surface area (Å²) in [6, 6.07) is 14.1. The van der Waals surface area contributed by atoms with E-state index >= 15 is 0 Å². The van der Waals surface area contributed by atoms with Gasteiger partial charge < -0.3 is 0 Å². The maximum absolute atomic E-state index is 5.39. The molecule has 0 fully saturated rings. The summed E-state index contributed by atoms with van der Waals surface area (Å²) in [5, 5.41) is 0. The fourth-order valence-corrected chi connectivity index (χ4v) is 5.25. The molecule has 0 atom stereocenters. The normalized spacial score (nSPS) is 12.1. The van der Waals surface area contributed by atoms with Gasteiger partial charge in [-0.3, -0.25) is 9.98 Å². The van der Waals surface area contributed by atoms with Crippen molar-refractivity contribution in [3.05, 3.63) is 58.7 Å². The maximum atomic E-state index is 5.39. The van der Waals surface area contributed by atoms with Crippen LogP contribution in [0.2, 0.25) is 0 Å². The van der Waals surface area contributed by atoms with Crippen LogP contribution in [0.5, 0.6) is 0 Å². The van der Waals surface area contributed by atoms with Crippen molar-refractivity contribution in [2.75, 3.05) is 0 Å². The molecule has 0 amide bonds. The van der Waals surface area contributed by atoms with Crippen molar-refractivity contribution in [3.63, 3.8) is 0 Å². The molecule has 0 saturated carbocycles. The summed E-state index contributed by atoms with van der Waals surface area (Å²) in [6.45, 7) is 13.6. The molecule has 0 bridgehead atoms. The van der Waals surface area contributed by atoms with Gasteiger partial charge in [-0.05, 0) is 97.9 Å². The van der Waals surface area contributed by atoms with Crippen molar-refractivity contribution in [2.24, 2.45) is 9.98 Å². The van der Waals surface area contributed by atoms with Crippen molar-refractivity contribution < 1.29 is 16.5 Å². The van der Waals surface area contributed by atoms with E-state index in [-0.39, 0.29) is 16.5 Å². The van der Waals surface area contributed by atoms with E-state index in [1.54, 1.807) is 0 Å². The zero-order valence-electron chi connectivity index (χ0n) is 26.0. The summed E-state index contributed by atoms with van der Waals surface area (Å²) in [6.07, 6.45) is 18.5. The Balaban J connectivity index is 0.00000760. The van der Waals surface area contributed by atoms with Crippen LogP contribution in [0.15, 0.2) is 46.4 Å². The number of benzene rings is 2. The topological polar surface area (TPSA) is 24.7 Å². The Morgan fingerprint density at radius 1 is 0.436 bits per heavy atom. The molecular weight excluding hydrogens is 519 g/mol. The monoisotopic (exact) mass is 574 g/mol. The van der Waals surface area contributed by atoms with Crippen LogP contribution < -0.4 is 0 Å². The number of hydrogen-bond acceptors (Lipinski definition) is 2. The zero-order valence-corrected chi connectivity index (χ0v) is 27.0. The van der Waals surface area contributed by atoms with Gasteiger partial charge >= 0.3 is 0 Å². The van der Waals surface area contributed by atoms with E-state index in [0.29, 0.717) is 0 Å². The smallest absolute Gasteiger partial charge is 0.0639 e. The van der Waals surface area contributed by atoms with Gasteiger partial charge in [-0.15, -0.1) is 0 Å². The summed E-state index contributed by atoms with van der Waals surface area (Å²) in [7, 11) is 0. The third-order valence-corrected chi connectivity index (χ3v) is 7.12. The maximum Gasteiger partial charge on any atom is 0.0639 e. The summed E-state index contributed by atoms with van der Waals surface area (Å²) < 4.78 is 0. The Morgan fingerprint density at radius 2 is 0.795 bits per heavy atom. The van der Waals surface area contributed by atoms with Crippen LogP contribution >= 0.6 is 0 Å². The minimum atomic E-state index is 0. The molecule has 0 aliphatic heterocycles. The molecule has 2 aromatic rings. The summed E-state index contributed by atoms with van der Waals surface area (Å²) in [4.78, 5) is 10.8. The minimum absolute atomic E-state index is 0. The van der Waals surface area contributed by atoms with Crippen LogP contribution in [0.1, 0.15) is 141 Å². The SMILES string of the molecule is CCCCCCC(=Nc1cc(CCC)cc(CCC)c1)C(CCCC)=Nc1cc(CCC)cc(CCC)c1.[Ni]. The molecule has 0 aliphatic rings. The Bertz CT molecular complexity index is 957. The van der Waals surface area contributed by atoms with Crippen molar-refractivity contribution in [2.45, 2.75) is 144 Å². The summed E-state index contributed by atoms with van der Waals surface area (Å²) in [5.74, 6) is 0. The summed E-state index contributed by atoms with van der Waals surface area (Å²) >= 11 is 0. The van der Waals surface area contributed by atoms with Gasteiger partial charge in [0.05, 0.1) is 22.8 Å². The Hall–Kier alpha value is -1.73. The molecule has 0 aromatic heterocycles. The fourth-order valence-electron chi connectivity index (χ4n) is 5.25. The Labute approximate surface area is 251 Å². The average molecular weight is 576 g/mol. The second-order valence-electron chi connectivity index (χ2n) is 11.0. The summed E-state index contributed by atoms with van der Waals surface area (Å²) in [5.41, 5.74) is 10.4. The molecular formula is C36H56N2Ni. The van der Waals surface area contributed by atoms with Crippen LogP contribution in [0.3, 0.4) is 0 Å². The van der Waals surface area contributed by atoms with E-state index < -0.39 is 0 Å². The van der Waals surface area contributed by atoms with Crippen LogP contribution in [0, 0.1) is 0 Å². The predicted octanol–water partition coefficient (Wildman–Crippen LogP) is 11.5. The van der Waals surface area contributed by atoms with Crippen LogP contribution in [-0.4, -0.2) is 11.4 Å². The molecule has 39 heavy (non-hydrogen) atoms. The fraction of sp³-hybridized carbons (Fsp3) is 0.611. The largest absolute Gasteiger partial charge is 0.252 e. The first kappa shape index (κ1) is 35.3. The Kier molecular flexibility index (Phi) is 19.1. The molecule has 0 unspecified atom stereocenters. The van der Waals surface area contributed by atoms with Gasteiger partial charge in [-0.25, -0.2) is 0 Å². The van der Waals surface area contributed by atoms with E-state index in [4.69, 9.17) is 9.98 Å². The minimum Gasteiger partial charge on any atom is -0.252 e. The van der Waals surface area contributed by atoms with Crippen molar-refractivity contribution >= 4 is 22.8 Å². The number of nitrogens with zero attached hydrogens (tertiary/aromatic N) is 2. The van der Waals surface area contributed by atoms with Gasteiger partial charge in [-0.2, -0.15) is 0 Å². The Morgan fingerprint density at radius 3 is 1.13 bits per heavy atom. The third-order valence-electron chi connectivity index (χ3n) is 7.12. The first-order valence-electron chi connectivity index (χ1n) is 16.0. The molecule has 2 nitrogen and oxygen atoms in total. The number of aryl methyl sites for hydroxylation is 4. The molecule has 0 N–H and O–H groups in total. The first-order chi connectivity index (χ1) is 18.6. The van der Waals surface area contributed by atoms with Gasteiger partial charge in [0.1, 0.15) is 0 Å². The quantitative estimate of drug-likeness (QED) is 0.0904. The standard InChI is InChI=1S/C36H56N2.Ni/c1-7-13-15-16-22-36(38-34-27-31(19-11-5)24-32(28-34)20-12-6)35(21-14-8-2)37-33-25-29(17-9-3)23-30(26-33)18-10-4;/h23-28H,7-22H2,1-6H3;. The molecule has 220 valence electrons. The molecule has 0 spiro atoms. The van der Waals surface area contributed by atoms with Crippen LogP contribution in [-0.2, 0) is 42.2 Å². The van der Waals surface area contributed by atoms with Crippen molar-refractivity contribution in [1.82, 2.24) is 0 Å². The number of rotatable bonds is 19. The number of aliphatic imine (C=N–C) groups is 2. The number of unbranched alkanes of at least 4 members (excludes halogenated alkanes) is 4. The number of hydrogen-bond donors (Lipinski definition) is 0. The van der Waals surface area contributed by atoms with Gasteiger partial charge in [-0.1, -0.05) is 105 Å². The van der Waals surface area contributed by atoms with Crippen molar-refractivity contribution in [3.8, 4) is 0 Å². The molecule has 2 aromatic carbocycles. The molecule has 2 rings (SSSR count). The average Bonchev–Trinajstić information content (AvgIpc) is 2.89. The molecule has 3 heteroatoms. The van der Waals surface area contributed by atoms with Gasteiger partial charge in [0, 0.05) is 16.5 Å². The predicted molar refractivity (Wildman–Crippen MR) is 171 cm³/mol. The second-order valence-corrected chi connectivity index (χ2v) is 11.0.